The molecule has 0 aromatic rings. The van der Waals surface area contributed by atoms with Gasteiger partial charge in [-0.2, -0.15) is 0 Å². The van der Waals surface area contributed by atoms with Crippen LogP contribution in [-0.2, 0) is 33.3 Å². The average Bonchev–Trinajstić information content (AvgIpc) is 3.72. The topological polar surface area (TPSA) is 231 Å². The number of carboxylic acid groups (broad SMARTS) is 1. The van der Waals surface area contributed by atoms with Crippen LogP contribution in [0.1, 0.15) is 46.0 Å². The van der Waals surface area contributed by atoms with Crippen LogP contribution in [0.15, 0.2) is 60.8 Å². The molecule has 262 valence electrons. The van der Waals surface area contributed by atoms with Crippen LogP contribution in [0.5, 0.6) is 0 Å². The third-order valence-electron chi connectivity index (χ3n) is 8.58. The second-order valence-electron chi connectivity index (χ2n) is 12.6. The van der Waals surface area contributed by atoms with Crippen LogP contribution in [0.4, 0.5) is 0 Å². The maximum absolute atomic E-state index is 12.3. The van der Waals surface area contributed by atoms with Crippen LogP contribution < -0.4 is 5.73 Å². The Hall–Kier alpha value is -2.76. The first-order valence-corrected chi connectivity index (χ1v) is 15.9. The van der Waals surface area contributed by atoms with E-state index in [1.807, 2.05) is 6.08 Å². The number of nitrogens with two attached hydrogens (primary N) is 1. The van der Waals surface area contributed by atoms with Gasteiger partial charge in [0.05, 0.1) is 48.8 Å². The molecule has 3 fully saturated rings. The zero-order valence-corrected chi connectivity index (χ0v) is 26.4. The Morgan fingerprint density at radius 1 is 0.936 bits per heavy atom. The van der Waals surface area contributed by atoms with Gasteiger partial charge in [-0.25, -0.2) is 4.79 Å². The largest absolute Gasteiger partial charge is 0.481 e. The van der Waals surface area contributed by atoms with E-state index in [2.05, 4.69) is 0 Å². The third kappa shape index (κ3) is 10.6. The molecule has 4 aliphatic heterocycles. The fraction of sp³-hybridized carbons (Fsp3) is 0.636. The van der Waals surface area contributed by atoms with Gasteiger partial charge in [-0.1, -0.05) is 48.6 Å². The molecule has 2 bridgehead atoms. The first-order chi connectivity index (χ1) is 22.3. The molecule has 4 heterocycles. The van der Waals surface area contributed by atoms with Gasteiger partial charge in [0.2, 0.25) is 0 Å². The van der Waals surface area contributed by atoms with Crippen molar-refractivity contribution in [3.8, 4) is 0 Å². The van der Waals surface area contributed by atoms with Gasteiger partial charge in [0.25, 0.3) is 0 Å². The molecule has 0 aromatic heterocycles. The first-order valence-electron chi connectivity index (χ1n) is 15.9. The lowest BCUT2D eigenvalue weighted by Crippen LogP contribution is -2.61. The fourth-order valence-electron chi connectivity index (χ4n) is 6.00. The van der Waals surface area contributed by atoms with Crippen molar-refractivity contribution in [3.05, 3.63) is 60.8 Å². The Morgan fingerprint density at radius 2 is 1.64 bits per heavy atom. The lowest BCUT2D eigenvalue weighted by Gasteiger charge is -2.45. The smallest absolute Gasteiger partial charge is 0.330 e. The number of esters is 1. The lowest BCUT2D eigenvalue weighted by atomic mass is 9.83. The molecule has 0 saturated carbocycles. The Balaban J connectivity index is 1.58. The minimum absolute atomic E-state index is 0.0789. The molecule has 0 radical (unpaired) electrons. The highest BCUT2D eigenvalue weighted by molar-refractivity contribution is 5.82. The van der Waals surface area contributed by atoms with E-state index in [1.165, 1.54) is 12.2 Å². The van der Waals surface area contributed by atoms with E-state index in [1.54, 1.807) is 56.4 Å². The van der Waals surface area contributed by atoms with Gasteiger partial charge in [0.1, 0.15) is 24.2 Å². The number of fused-ring (bicyclic) bond motifs is 3. The Kier molecular flexibility index (Phi) is 13.1. The number of ether oxygens (including phenoxy) is 5. The number of aliphatic carboxylic acids is 1. The van der Waals surface area contributed by atoms with Gasteiger partial charge in [-0.3, -0.25) is 4.79 Å². The number of aliphatic hydroxyl groups is 5. The molecule has 14 heteroatoms. The van der Waals surface area contributed by atoms with Crippen LogP contribution in [-0.4, -0.2) is 122 Å². The van der Waals surface area contributed by atoms with Crippen molar-refractivity contribution in [3.63, 3.8) is 0 Å². The van der Waals surface area contributed by atoms with Crippen LogP contribution >= 0.6 is 0 Å². The quantitative estimate of drug-likeness (QED) is 0.157. The Morgan fingerprint density at radius 3 is 2.36 bits per heavy atom. The zero-order valence-electron chi connectivity index (χ0n) is 26.4. The van der Waals surface area contributed by atoms with E-state index < -0.39 is 97.3 Å². The van der Waals surface area contributed by atoms with Crippen LogP contribution in [0.2, 0.25) is 0 Å². The fourth-order valence-corrected chi connectivity index (χ4v) is 6.00. The molecule has 14 atom stereocenters. The number of hydrogen-bond acceptors (Lipinski definition) is 13. The summed E-state index contributed by atoms with van der Waals surface area (Å²) in [5.41, 5.74) is 5.98. The molecule has 0 amide bonds. The predicted octanol–water partition coefficient (Wildman–Crippen LogP) is 0.120. The summed E-state index contributed by atoms with van der Waals surface area (Å²) in [5.74, 6) is -5.45. The summed E-state index contributed by atoms with van der Waals surface area (Å²) < 4.78 is 28.5. The average molecular weight is 666 g/mol. The second kappa shape index (κ2) is 16.6. The van der Waals surface area contributed by atoms with Crippen molar-refractivity contribution >= 4 is 11.9 Å². The number of carboxylic acids is 1. The van der Waals surface area contributed by atoms with E-state index in [-0.39, 0.29) is 25.4 Å². The summed E-state index contributed by atoms with van der Waals surface area (Å²) >= 11 is 0. The maximum Gasteiger partial charge on any atom is 0.330 e. The molecular weight excluding hydrogens is 618 g/mol. The lowest BCUT2D eigenvalue weighted by molar-refractivity contribution is -0.308. The van der Waals surface area contributed by atoms with Crippen LogP contribution in [0.3, 0.4) is 0 Å². The van der Waals surface area contributed by atoms with Gasteiger partial charge in [0, 0.05) is 38.2 Å². The highest BCUT2D eigenvalue weighted by Gasteiger charge is 2.51. The van der Waals surface area contributed by atoms with Crippen molar-refractivity contribution in [2.75, 3.05) is 0 Å². The Labute approximate surface area is 273 Å². The number of cyclic esters (lactones) is 1. The predicted molar refractivity (Wildman–Crippen MR) is 165 cm³/mol. The van der Waals surface area contributed by atoms with Crippen molar-refractivity contribution in [2.45, 2.75) is 125 Å². The second-order valence-corrected chi connectivity index (χ2v) is 12.6. The van der Waals surface area contributed by atoms with Gasteiger partial charge in [-0.15, -0.1) is 0 Å². The number of aliphatic hydroxyl groups excluding tert-OH is 4. The van der Waals surface area contributed by atoms with Crippen LogP contribution in [0, 0.1) is 5.92 Å². The minimum atomic E-state index is -2.10. The summed E-state index contributed by atoms with van der Waals surface area (Å²) in [6.07, 6.45) is 5.25. The summed E-state index contributed by atoms with van der Waals surface area (Å²) in [4.78, 5) is 24.4. The standard InChI is InChI=1S/C33H47NO13/c1-18-10-8-6-4-3-5-7-9-11-21(45-32-30(39)28(34)29(38)19(2)44-32)15-25-27(31(40)41)22(36)17-33(42,47-25)16-20(35)14-24-23(46-24)12-13-26(37)43-18/h3-9,11-13,18-25,27-30,32,35-36,38-39,42H,10,14-17,34H2,1-2H3,(H,40,41)/t18?,19?,20?,21?,22?,23?,24-,25-,27?,28?,29?,30?,32-,33-/m1/s1. The number of epoxide rings is 1. The molecule has 0 aromatic carbocycles. The van der Waals surface area contributed by atoms with Crippen molar-refractivity contribution < 1.29 is 63.9 Å². The number of carbonyl (C=O) groups excluding carboxylic acids is 1. The molecule has 4 aliphatic rings. The third-order valence-corrected chi connectivity index (χ3v) is 8.58. The number of rotatable bonds is 3. The van der Waals surface area contributed by atoms with E-state index in [0.717, 1.165) is 0 Å². The number of carbonyl (C=O) groups is 2. The van der Waals surface area contributed by atoms with E-state index in [4.69, 9.17) is 29.4 Å². The van der Waals surface area contributed by atoms with E-state index >= 15 is 0 Å². The molecule has 4 rings (SSSR count). The van der Waals surface area contributed by atoms with E-state index in [0.29, 0.717) is 6.42 Å². The molecule has 8 N–H and O–H groups in total. The normalized spacial score (nSPS) is 43.8. The van der Waals surface area contributed by atoms with Crippen LogP contribution in [0.25, 0.3) is 0 Å². The molecule has 10 unspecified atom stereocenters. The van der Waals surface area contributed by atoms with Gasteiger partial charge >= 0.3 is 11.9 Å². The highest BCUT2D eigenvalue weighted by Crippen LogP contribution is 2.39. The summed E-state index contributed by atoms with van der Waals surface area (Å²) in [6.45, 7) is 3.34. The molecule has 14 nitrogen and oxygen atoms in total. The molecule has 47 heavy (non-hydrogen) atoms. The van der Waals surface area contributed by atoms with Crippen molar-refractivity contribution in [2.24, 2.45) is 11.7 Å². The van der Waals surface area contributed by atoms with Gasteiger partial charge in [0.15, 0.2) is 12.1 Å². The highest BCUT2D eigenvalue weighted by atomic mass is 16.7. The minimum Gasteiger partial charge on any atom is -0.481 e. The summed E-state index contributed by atoms with van der Waals surface area (Å²) in [7, 11) is 0. The first kappa shape index (κ1) is 37.1. The maximum atomic E-state index is 12.3. The SMILES string of the molecule is CC1CC=CC=CC=CC=CC(O[C@H]2OC(C)C(O)C(N)C2O)C[C@H]2O[C@](O)(CC(O)C[C@H]3OC3C=CC(=O)O1)CC(O)C2C(=O)O. The van der Waals surface area contributed by atoms with Crippen molar-refractivity contribution in [1.29, 1.82) is 0 Å². The molecule has 0 aliphatic carbocycles. The number of hydrogen-bond donors (Lipinski definition) is 7. The van der Waals surface area contributed by atoms with Gasteiger partial charge < -0.3 is 60.1 Å². The molecule has 3 saturated heterocycles. The summed E-state index contributed by atoms with van der Waals surface area (Å²) in [5, 5.41) is 63.9. The van der Waals surface area contributed by atoms with Crippen molar-refractivity contribution in [1.82, 2.24) is 0 Å². The molecule has 0 spiro atoms. The zero-order chi connectivity index (χ0) is 34.3. The van der Waals surface area contributed by atoms with E-state index in [9.17, 15) is 40.2 Å². The monoisotopic (exact) mass is 665 g/mol. The van der Waals surface area contributed by atoms with Gasteiger partial charge in [-0.05, 0) is 19.9 Å². The molecular formula is C33H47NO13. The number of allylic oxidation sites excluding steroid dienone is 6. The Bertz CT molecular complexity index is 1220. The summed E-state index contributed by atoms with van der Waals surface area (Å²) in [6, 6.07) is -1.08.